The Morgan fingerprint density at radius 3 is 2.85 bits per heavy atom. The predicted octanol–water partition coefficient (Wildman–Crippen LogP) is 4.46. The molecule has 4 rings (SSSR count). The van der Waals surface area contributed by atoms with Gasteiger partial charge in [-0.15, -0.1) is 0 Å². The van der Waals surface area contributed by atoms with Crippen LogP contribution in [0.4, 0.5) is 10.1 Å². The van der Waals surface area contributed by atoms with E-state index in [-0.39, 0.29) is 17.6 Å². The van der Waals surface area contributed by atoms with Crippen molar-refractivity contribution in [3.05, 3.63) is 53.8 Å². The number of hydrogen-bond acceptors (Lipinski definition) is 4. The van der Waals surface area contributed by atoms with Crippen molar-refractivity contribution in [2.24, 2.45) is 0 Å². The van der Waals surface area contributed by atoms with E-state index >= 15 is 0 Å². The van der Waals surface area contributed by atoms with Crippen LogP contribution >= 0.6 is 0 Å². The number of carbonyl (C=O) groups excluding carboxylic acids is 1. The minimum atomic E-state index is -0.406. The number of hydrogen-bond donors (Lipinski definition) is 1. The Bertz CT molecular complexity index is 1140. The molecule has 4 aromatic rings. The molecule has 0 bridgehead atoms. The van der Waals surface area contributed by atoms with Crippen LogP contribution < -0.4 is 5.32 Å². The van der Waals surface area contributed by atoms with Gasteiger partial charge in [0.15, 0.2) is 11.4 Å². The van der Waals surface area contributed by atoms with Crippen LogP contribution in [0, 0.1) is 12.7 Å². The lowest BCUT2D eigenvalue weighted by Gasteiger charge is -2.07. The number of pyridine rings is 1. The van der Waals surface area contributed by atoms with E-state index in [1.54, 1.807) is 19.3 Å². The van der Waals surface area contributed by atoms with Crippen molar-refractivity contribution < 1.29 is 13.6 Å². The molecular weight excluding hydrogens is 335 g/mol. The largest absolute Gasteiger partial charge is 0.451 e. The number of halogens is 1. The number of furan rings is 1. The van der Waals surface area contributed by atoms with E-state index < -0.39 is 5.91 Å². The fourth-order valence-corrected chi connectivity index (χ4v) is 2.98. The fourth-order valence-electron chi connectivity index (χ4n) is 2.98. The lowest BCUT2D eigenvalue weighted by molar-refractivity contribution is 0.0998. The second-order valence-corrected chi connectivity index (χ2v) is 6.47. The van der Waals surface area contributed by atoms with Crippen LogP contribution in [-0.2, 0) is 0 Å². The Hall–Kier alpha value is -3.22. The van der Waals surface area contributed by atoms with Crippen LogP contribution in [0.3, 0.4) is 0 Å². The smallest absolute Gasteiger partial charge is 0.291 e. The summed E-state index contributed by atoms with van der Waals surface area (Å²) in [7, 11) is 0. The number of benzene rings is 1. The number of aryl methyl sites for hydroxylation is 1. The van der Waals surface area contributed by atoms with Crippen molar-refractivity contribution in [2.75, 3.05) is 5.32 Å². The number of fused-ring (bicyclic) bond motifs is 2. The average Bonchev–Trinajstić information content (AvgIpc) is 3.16. The first-order chi connectivity index (χ1) is 12.4. The molecule has 0 saturated heterocycles. The quantitative estimate of drug-likeness (QED) is 0.591. The molecule has 1 aromatic carbocycles. The molecule has 0 saturated carbocycles. The van der Waals surface area contributed by atoms with Crippen molar-refractivity contribution in [1.82, 2.24) is 14.8 Å². The number of nitrogens with zero attached hydrogens (tertiary/aromatic N) is 3. The van der Waals surface area contributed by atoms with Gasteiger partial charge in [0.2, 0.25) is 0 Å². The van der Waals surface area contributed by atoms with Gasteiger partial charge in [-0.05, 0) is 45.0 Å². The number of carbonyl (C=O) groups is 1. The SMILES string of the molecule is Cc1c(C(=O)Nc2cnc3c(cnn3C(C)C)c2)oc2ccc(F)cc12. The monoisotopic (exact) mass is 352 g/mol. The molecule has 1 N–H and O–H groups in total. The molecule has 0 fully saturated rings. The van der Waals surface area contributed by atoms with Gasteiger partial charge in [-0.3, -0.25) is 4.79 Å². The molecular formula is C19H17FN4O2. The fraction of sp³-hybridized carbons (Fsp3) is 0.211. The van der Waals surface area contributed by atoms with Gasteiger partial charge in [0.1, 0.15) is 11.4 Å². The van der Waals surface area contributed by atoms with E-state index in [1.807, 2.05) is 24.6 Å². The third-order valence-electron chi connectivity index (χ3n) is 4.28. The normalized spacial score (nSPS) is 11.6. The van der Waals surface area contributed by atoms with Gasteiger partial charge in [-0.2, -0.15) is 5.10 Å². The minimum absolute atomic E-state index is 0.156. The van der Waals surface area contributed by atoms with E-state index in [9.17, 15) is 9.18 Å². The second kappa shape index (κ2) is 5.94. The highest BCUT2D eigenvalue weighted by Crippen LogP contribution is 2.27. The summed E-state index contributed by atoms with van der Waals surface area (Å²) in [6, 6.07) is 6.18. The molecule has 6 nitrogen and oxygen atoms in total. The molecule has 26 heavy (non-hydrogen) atoms. The third-order valence-corrected chi connectivity index (χ3v) is 4.28. The zero-order chi connectivity index (χ0) is 18.4. The van der Waals surface area contributed by atoms with Crippen molar-refractivity contribution in [3.63, 3.8) is 0 Å². The molecule has 0 atom stereocenters. The van der Waals surface area contributed by atoms with Gasteiger partial charge in [-0.25, -0.2) is 14.1 Å². The Kier molecular flexibility index (Phi) is 3.72. The molecule has 0 spiro atoms. The number of nitrogens with one attached hydrogen (secondary N) is 1. The molecule has 0 aliphatic carbocycles. The van der Waals surface area contributed by atoms with Crippen molar-refractivity contribution in [3.8, 4) is 0 Å². The zero-order valence-electron chi connectivity index (χ0n) is 14.6. The van der Waals surface area contributed by atoms with Gasteiger partial charge < -0.3 is 9.73 Å². The number of aromatic nitrogens is 3. The lowest BCUT2D eigenvalue weighted by atomic mass is 10.1. The summed E-state index contributed by atoms with van der Waals surface area (Å²) in [6.07, 6.45) is 3.30. The highest BCUT2D eigenvalue weighted by Gasteiger charge is 2.19. The molecule has 0 unspecified atom stereocenters. The molecule has 0 radical (unpaired) electrons. The summed E-state index contributed by atoms with van der Waals surface area (Å²) in [5, 5.41) is 8.51. The summed E-state index contributed by atoms with van der Waals surface area (Å²) >= 11 is 0. The number of anilines is 1. The first-order valence-corrected chi connectivity index (χ1v) is 8.27. The Morgan fingerprint density at radius 1 is 1.27 bits per heavy atom. The summed E-state index contributed by atoms with van der Waals surface area (Å²) in [4.78, 5) is 17.0. The van der Waals surface area contributed by atoms with Crippen LogP contribution in [0.2, 0.25) is 0 Å². The van der Waals surface area contributed by atoms with E-state index in [2.05, 4.69) is 15.4 Å². The first kappa shape index (κ1) is 16.3. The molecule has 0 aliphatic rings. The van der Waals surface area contributed by atoms with Crippen molar-refractivity contribution in [2.45, 2.75) is 26.8 Å². The van der Waals surface area contributed by atoms with E-state index in [1.165, 1.54) is 18.2 Å². The number of amides is 1. The maximum absolute atomic E-state index is 13.4. The van der Waals surface area contributed by atoms with E-state index in [0.717, 1.165) is 11.0 Å². The third kappa shape index (κ3) is 2.61. The predicted molar refractivity (Wildman–Crippen MR) is 96.8 cm³/mol. The highest BCUT2D eigenvalue weighted by molar-refractivity contribution is 6.06. The maximum Gasteiger partial charge on any atom is 0.291 e. The number of rotatable bonds is 3. The first-order valence-electron chi connectivity index (χ1n) is 8.27. The summed E-state index contributed by atoms with van der Waals surface area (Å²) in [5.74, 6) is -0.620. The molecule has 0 aliphatic heterocycles. The lowest BCUT2D eigenvalue weighted by Crippen LogP contribution is -2.12. The van der Waals surface area contributed by atoms with Crippen LogP contribution in [0.25, 0.3) is 22.0 Å². The second-order valence-electron chi connectivity index (χ2n) is 6.47. The Morgan fingerprint density at radius 2 is 2.08 bits per heavy atom. The topological polar surface area (TPSA) is 73.0 Å². The van der Waals surface area contributed by atoms with Gasteiger partial charge >= 0.3 is 0 Å². The molecule has 3 aromatic heterocycles. The van der Waals surface area contributed by atoms with Gasteiger partial charge in [-0.1, -0.05) is 0 Å². The maximum atomic E-state index is 13.4. The van der Waals surface area contributed by atoms with Crippen molar-refractivity contribution >= 4 is 33.6 Å². The minimum Gasteiger partial charge on any atom is -0.451 e. The van der Waals surface area contributed by atoms with Gasteiger partial charge in [0, 0.05) is 22.4 Å². The zero-order valence-corrected chi connectivity index (χ0v) is 14.6. The Balaban J connectivity index is 1.66. The Labute approximate surface area is 148 Å². The van der Waals surface area contributed by atoms with Crippen LogP contribution in [-0.4, -0.2) is 20.7 Å². The van der Waals surface area contributed by atoms with E-state index in [4.69, 9.17) is 4.42 Å². The van der Waals surface area contributed by atoms with E-state index in [0.29, 0.717) is 22.2 Å². The van der Waals surface area contributed by atoms with Crippen LogP contribution in [0.1, 0.15) is 36.0 Å². The standard InChI is InChI=1S/C19H17FN4O2/c1-10(2)24-18-12(8-22-24)6-14(9-21-18)23-19(25)17-11(3)15-7-13(20)4-5-16(15)26-17/h4-10H,1-3H3,(H,23,25). The van der Waals surface area contributed by atoms with Gasteiger partial charge in [0.25, 0.3) is 5.91 Å². The average molecular weight is 352 g/mol. The van der Waals surface area contributed by atoms with Crippen LogP contribution in [0.5, 0.6) is 0 Å². The van der Waals surface area contributed by atoms with Crippen LogP contribution in [0.15, 0.2) is 41.1 Å². The summed E-state index contributed by atoms with van der Waals surface area (Å²) in [6.45, 7) is 5.78. The summed E-state index contributed by atoms with van der Waals surface area (Å²) in [5.41, 5.74) is 2.37. The van der Waals surface area contributed by atoms with Crippen molar-refractivity contribution in [1.29, 1.82) is 0 Å². The molecule has 7 heteroatoms. The highest BCUT2D eigenvalue weighted by atomic mass is 19.1. The van der Waals surface area contributed by atoms with Gasteiger partial charge in [0.05, 0.1) is 18.1 Å². The molecule has 132 valence electrons. The molecule has 3 heterocycles. The summed E-state index contributed by atoms with van der Waals surface area (Å²) < 4.78 is 20.8. The molecule has 1 amide bonds.